The summed E-state index contributed by atoms with van der Waals surface area (Å²) in [6, 6.07) is 5.82. The monoisotopic (exact) mass is 447 g/mol. The standard InChI is InChI=1S/C18H29N3O2.HI/c1-4-19-18(20-11-5-6-14-7-8-14)21-13-15-9-10-16(22-2)12-17(15)23-3;/h9-10,12,14H,4-8,11,13H2,1-3H3,(H2,19,20,21);1H. The number of benzene rings is 1. The maximum atomic E-state index is 5.42. The van der Waals surface area contributed by atoms with Crippen LogP contribution in [0.25, 0.3) is 0 Å². The zero-order chi connectivity index (χ0) is 16.5. The van der Waals surface area contributed by atoms with E-state index in [2.05, 4.69) is 22.5 Å². The van der Waals surface area contributed by atoms with E-state index in [9.17, 15) is 0 Å². The first-order valence-corrected chi connectivity index (χ1v) is 8.50. The van der Waals surface area contributed by atoms with Gasteiger partial charge < -0.3 is 20.1 Å². The number of rotatable bonds is 9. The van der Waals surface area contributed by atoms with Crippen molar-refractivity contribution >= 4 is 29.9 Å². The number of guanidine groups is 1. The van der Waals surface area contributed by atoms with E-state index in [1.807, 2.05) is 18.2 Å². The second kappa shape index (κ2) is 11.4. The Morgan fingerprint density at radius 1 is 1.21 bits per heavy atom. The molecule has 0 amide bonds. The average Bonchev–Trinajstić information content (AvgIpc) is 3.40. The van der Waals surface area contributed by atoms with E-state index in [4.69, 9.17) is 9.47 Å². The van der Waals surface area contributed by atoms with Gasteiger partial charge in [-0.25, -0.2) is 4.99 Å². The zero-order valence-electron chi connectivity index (χ0n) is 14.9. The molecule has 0 saturated heterocycles. The first-order chi connectivity index (χ1) is 11.3. The Balaban J connectivity index is 0.00000288. The highest BCUT2D eigenvalue weighted by Gasteiger charge is 2.19. The van der Waals surface area contributed by atoms with Gasteiger partial charge in [0.15, 0.2) is 5.96 Å². The molecule has 2 N–H and O–H groups in total. The molecule has 0 aromatic heterocycles. The van der Waals surface area contributed by atoms with Crippen LogP contribution in [0.4, 0.5) is 0 Å². The molecular weight excluding hydrogens is 417 g/mol. The van der Waals surface area contributed by atoms with Crippen LogP contribution >= 0.6 is 24.0 Å². The van der Waals surface area contributed by atoms with Gasteiger partial charge in [0.25, 0.3) is 0 Å². The quantitative estimate of drug-likeness (QED) is 0.263. The number of nitrogens with zero attached hydrogens (tertiary/aromatic N) is 1. The maximum Gasteiger partial charge on any atom is 0.191 e. The molecule has 1 aromatic carbocycles. The molecule has 1 aromatic rings. The lowest BCUT2D eigenvalue weighted by atomic mass is 10.2. The summed E-state index contributed by atoms with van der Waals surface area (Å²) in [6.07, 6.45) is 5.39. The van der Waals surface area contributed by atoms with Gasteiger partial charge in [0, 0.05) is 24.7 Å². The van der Waals surface area contributed by atoms with Crippen LogP contribution in [-0.2, 0) is 6.54 Å². The van der Waals surface area contributed by atoms with Crippen molar-refractivity contribution in [2.24, 2.45) is 10.9 Å². The summed E-state index contributed by atoms with van der Waals surface area (Å²) < 4.78 is 10.6. The van der Waals surface area contributed by atoms with Crippen molar-refractivity contribution in [3.8, 4) is 11.5 Å². The molecule has 0 bridgehead atoms. The zero-order valence-corrected chi connectivity index (χ0v) is 17.3. The van der Waals surface area contributed by atoms with Crippen molar-refractivity contribution in [1.82, 2.24) is 10.6 Å². The van der Waals surface area contributed by atoms with Crippen molar-refractivity contribution in [1.29, 1.82) is 0 Å². The summed E-state index contributed by atoms with van der Waals surface area (Å²) in [5.41, 5.74) is 1.04. The number of hydrogen-bond donors (Lipinski definition) is 2. The molecule has 5 nitrogen and oxygen atoms in total. The van der Waals surface area contributed by atoms with Crippen LogP contribution in [0.1, 0.15) is 38.2 Å². The second-order valence-electron chi connectivity index (χ2n) is 5.89. The average molecular weight is 447 g/mol. The Morgan fingerprint density at radius 3 is 2.62 bits per heavy atom. The van der Waals surface area contributed by atoms with Crippen molar-refractivity contribution < 1.29 is 9.47 Å². The molecule has 0 radical (unpaired) electrons. The molecule has 2 rings (SSSR count). The molecule has 0 heterocycles. The summed E-state index contributed by atoms with van der Waals surface area (Å²) in [4.78, 5) is 4.65. The largest absolute Gasteiger partial charge is 0.497 e. The molecule has 0 atom stereocenters. The second-order valence-corrected chi connectivity index (χ2v) is 5.89. The van der Waals surface area contributed by atoms with E-state index < -0.39 is 0 Å². The minimum absolute atomic E-state index is 0. The normalized spacial score (nSPS) is 13.9. The van der Waals surface area contributed by atoms with Gasteiger partial charge >= 0.3 is 0 Å². The van der Waals surface area contributed by atoms with E-state index in [1.165, 1.54) is 25.7 Å². The Hall–Kier alpha value is -1.18. The highest BCUT2D eigenvalue weighted by molar-refractivity contribution is 14.0. The van der Waals surface area contributed by atoms with Crippen LogP contribution in [0.15, 0.2) is 23.2 Å². The lowest BCUT2D eigenvalue weighted by molar-refractivity contribution is 0.391. The lowest BCUT2D eigenvalue weighted by Gasteiger charge is -2.12. The van der Waals surface area contributed by atoms with Crippen LogP contribution in [0, 0.1) is 5.92 Å². The number of methoxy groups -OCH3 is 2. The molecule has 0 spiro atoms. The van der Waals surface area contributed by atoms with Gasteiger partial charge in [-0.05, 0) is 37.8 Å². The number of halogens is 1. The molecule has 6 heteroatoms. The molecule has 1 aliphatic carbocycles. The predicted molar refractivity (Wildman–Crippen MR) is 110 cm³/mol. The molecule has 0 aliphatic heterocycles. The Bertz CT molecular complexity index is 519. The highest BCUT2D eigenvalue weighted by atomic mass is 127. The topological polar surface area (TPSA) is 54.9 Å². The third kappa shape index (κ3) is 7.15. The fourth-order valence-electron chi connectivity index (χ4n) is 2.49. The van der Waals surface area contributed by atoms with Crippen LogP contribution in [0.2, 0.25) is 0 Å². The van der Waals surface area contributed by atoms with Crippen LogP contribution in [-0.4, -0.2) is 33.3 Å². The summed E-state index contributed by atoms with van der Waals surface area (Å²) >= 11 is 0. The van der Waals surface area contributed by atoms with Crippen molar-refractivity contribution in [3.05, 3.63) is 23.8 Å². The molecule has 1 aliphatic rings. The lowest BCUT2D eigenvalue weighted by Crippen LogP contribution is -2.37. The third-order valence-electron chi connectivity index (χ3n) is 4.02. The van der Waals surface area contributed by atoms with Gasteiger partial charge in [0.05, 0.1) is 20.8 Å². The van der Waals surface area contributed by atoms with E-state index in [0.717, 1.165) is 42.0 Å². The first kappa shape index (κ1) is 20.9. The summed E-state index contributed by atoms with van der Waals surface area (Å²) in [7, 11) is 3.32. The van der Waals surface area contributed by atoms with Gasteiger partial charge in [0.1, 0.15) is 11.5 Å². The Labute approximate surface area is 162 Å². The van der Waals surface area contributed by atoms with Crippen molar-refractivity contribution in [2.75, 3.05) is 27.3 Å². The number of ether oxygens (including phenoxy) is 2. The minimum atomic E-state index is 0. The van der Waals surface area contributed by atoms with Gasteiger partial charge in [0.2, 0.25) is 0 Å². The first-order valence-electron chi connectivity index (χ1n) is 8.50. The maximum absolute atomic E-state index is 5.42. The smallest absolute Gasteiger partial charge is 0.191 e. The number of aliphatic imine (C=N–C) groups is 1. The minimum Gasteiger partial charge on any atom is -0.497 e. The molecule has 136 valence electrons. The van der Waals surface area contributed by atoms with Crippen molar-refractivity contribution in [3.63, 3.8) is 0 Å². The molecule has 24 heavy (non-hydrogen) atoms. The van der Waals surface area contributed by atoms with E-state index in [-0.39, 0.29) is 24.0 Å². The molecular formula is C18H30IN3O2. The Kier molecular flexibility index (Phi) is 9.90. The summed E-state index contributed by atoms with van der Waals surface area (Å²) in [5.74, 6) is 3.44. The molecule has 1 saturated carbocycles. The number of nitrogens with one attached hydrogen (secondary N) is 2. The predicted octanol–water partition coefficient (Wildman–Crippen LogP) is 3.57. The third-order valence-corrected chi connectivity index (χ3v) is 4.02. The van der Waals surface area contributed by atoms with Gasteiger partial charge in [-0.3, -0.25) is 0 Å². The van der Waals surface area contributed by atoms with Crippen LogP contribution in [0.5, 0.6) is 11.5 Å². The van der Waals surface area contributed by atoms with Gasteiger partial charge in [-0.2, -0.15) is 0 Å². The van der Waals surface area contributed by atoms with Gasteiger partial charge in [-0.1, -0.05) is 12.8 Å². The van der Waals surface area contributed by atoms with Crippen LogP contribution in [0.3, 0.4) is 0 Å². The highest BCUT2D eigenvalue weighted by Crippen LogP contribution is 2.33. The number of hydrogen-bond acceptors (Lipinski definition) is 3. The van der Waals surface area contributed by atoms with Crippen molar-refractivity contribution in [2.45, 2.75) is 39.2 Å². The summed E-state index contributed by atoms with van der Waals surface area (Å²) in [5, 5.41) is 6.70. The SMILES string of the molecule is CCNC(=NCc1ccc(OC)cc1OC)NCCCC1CC1.I. The molecule has 1 fully saturated rings. The van der Waals surface area contributed by atoms with E-state index in [1.54, 1.807) is 14.2 Å². The van der Waals surface area contributed by atoms with E-state index >= 15 is 0 Å². The summed E-state index contributed by atoms with van der Waals surface area (Å²) in [6.45, 7) is 4.48. The fraction of sp³-hybridized carbons (Fsp3) is 0.611. The molecule has 0 unspecified atom stereocenters. The van der Waals surface area contributed by atoms with Gasteiger partial charge in [-0.15, -0.1) is 24.0 Å². The van der Waals surface area contributed by atoms with Crippen LogP contribution < -0.4 is 20.1 Å². The van der Waals surface area contributed by atoms with E-state index in [0.29, 0.717) is 6.54 Å². The fourth-order valence-corrected chi connectivity index (χ4v) is 2.49. The Morgan fingerprint density at radius 2 is 2.00 bits per heavy atom.